The molecule has 1 fully saturated rings. The summed E-state index contributed by atoms with van der Waals surface area (Å²) in [4.78, 5) is 11.6. The minimum Gasteiger partial charge on any atom is -0.493 e. The number of carboxylic acids is 1. The van der Waals surface area contributed by atoms with Gasteiger partial charge in [-0.3, -0.25) is 4.68 Å². The van der Waals surface area contributed by atoms with Gasteiger partial charge in [-0.25, -0.2) is 4.79 Å². The molecule has 0 unspecified atom stereocenters. The first-order valence-electron chi connectivity index (χ1n) is 11.3. The highest BCUT2D eigenvalue weighted by Crippen LogP contribution is 2.41. The molecule has 1 saturated carbocycles. The monoisotopic (exact) mass is 470 g/mol. The molecule has 9 heteroatoms. The largest absolute Gasteiger partial charge is 0.493 e. The summed E-state index contributed by atoms with van der Waals surface area (Å²) >= 11 is 0. The Morgan fingerprint density at radius 2 is 1.79 bits per heavy atom. The van der Waals surface area contributed by atoms with Gasteiger partial charge in [-0.05, 0) is 36.6 Å². The van der Waals surface area contributed by atoms with E-state index in [0.717, 1.165) is 25.7 Å². The number of hydrogen-bond acceptors (Lipinski definition) is 7. The van der Waals surface area contributed by atoms with Crippen LogP contribution >= 0.6 is 0 Å². The van der Waals surface area contributed by atoms with Gasteiger partial charge in [0, 0.05) is 11.6 Å². The number of carbonyl (C=O) groups is 1. The summed E-state index contributed by atoms with van der Waals surface area (Å²) < 4.78 is 24.3. The summed E-state index contributed by atoms with van der Waals surface area (Å²) in [5, 5.41) is 26.1. The van der Waals surface area contributed by atoms with Crippen molar-refractivity contribution < 1.29 is 34.0 Å². The molecule has 9 nitrogen and oxygen atoms in total. The number of fused-ring (bicyclic) bond motifs is 1. The number of aliphatic hydroxyl groups is 1. The van der Waals surface area contributed by atoms with E-state index < -0.39 is 18.2 Å². The minimum absolute atomic E-state index is 0.0428. The SMILES string of the molecule is COc1cc([C@@H](O)[C@H](Cn2cc3cccc(C(=O)O)c3n2)OC2CCCC2)cc(OC)c1OC. The van der Waals surface area contributed by atoms with Crippen LogP contribution in [0.4, 0.5) is 0 Å². The van der Waals surface area contributed by atoms with E-state index >= 15 is 0 Å². The lowest BCUT2D eigenvalue weighted by Gasteiger charge is -2.27. The van der Waals surface area contributed by atoms with Crippen LogP contribution in [0.15, 0.2) is 36.5 Å². The molecule has 34 heavy (non-hydrogen) atoms. The van der Waals surface area contributed by atoms with Gasteiger partial charge >= 0.3 is 5.97 Å². The Morgan fingerprint density at radius 1 is 1.12 bits per heavy atom. The zero-order valence-electron chi connectivity index (χ0n) is 19.6. The minimum atomic E-state index is -1.04. The zero-order chi connectivity index (χ0) is 24.2. The summed E-state index contributed by atoms with van der Waals surface area (Å²) in [7, 11) is 4.57. The molecule has 2 N–H and O–H groups in total. The number of carboxylic acid groups (broad SMARTS) is 1. The van der Waals surface area contributed by atoms with E-state index in [4.69, 9.17) is 18.9 Å². The van der Waals surface area contributed by atoms with Crippen LogP contribution in [0.5, 0.6) is 17.2 Å². The van der Waals surface area contributed by atoms with Gasteiger partial charge in [0.05, 0.1) is 39.5 Å². The highest BCUT2D eigenvalue weighted by atomic mass is 16.5. The maximum absolute atomic E-state index is 11.6. The van der Waals surface area contributed by atoms with Crippen molar-refractivity contribution in [1.29, 1.82) is 0 Å². The van der Waals surface area contributed by atoms with Crippen molar-refractivity contribution in [1.82, 2.24) is 9.78 Å². The Kier molecular flexibility index (Phi) is 7.23. The second kappa shape index (κ2) is 10.3. The average Bonchev–Trinajstić information content (AvgIpc) is 3.51. The van der Waals surface area contributed by atoms with E-state index in [9.17, 15) is 15.0 Å². The molecule has 0 aliphatic heterocycles. The van der Waals surface area contributed by atoms with Gasteiger partial charge in [0.1, 0.15) is 17.7 Å². The lowest BCUT2D eigenvalue weighted by molar-refractivity contribution is -0.0845. The van der Waals surface area contributed by atoms with Crippen molar-refractivity contribution in [3.63, 3.8) is 0 Å². The molecule has 2 aromatic carbocycles. The topological polar surface area (TPSA) is 112 Å². The van der Waals surface area contributed by atoms with Crippen LogP contribution in [0.3, 0.4) is 0 Å². The number of methoxy groups -OCH3 is 3. The smallest absolute Gasteiger partial charge is 0.337 e. The highest BCUT2D eigenvalue weighted by molar-refractivity contribution is 6.01. The first-order chi connectivity index (χ1) is 16.4. The van der Waals surface area contributed by atoms with Crippen LogP contribution in [0.2, 0.25) is 0 Å². The van der Waals surface area contributed by atoms with Gasteiger partial charge in [-0.15, -0.1) is 0 Å². The normalized spacial score (nSPS) is 15.9. The Balaban J connectivity index is 1.68. The summed E-state index contributed by atoms with van der Waals surface area (Å²) in [5.41, 5.74) is 1.09. The molecular formula is C25H30N2O7. The van der Waals surface area contributed by atoms with Gasteiger partial charge in [0.25, 0.3) is 0 Å². The third kappa shape index (κ3) is 4.80. The van der Waals surface area contributed by atoms with Crippen molar-refractivity contribution in [3.05, 3.63) is 47.7 Å². The fourth-order valence-corrected chi connectivity index (χ4v) is 4.52. The van der Waals surface area contributed by atoms with E-state index in [1.807, 2.05) is 6.07 Å². The van der Waals surface area contributed by atoms with Gasteiger partial charge in [-0.2, -0.15) is 5.10 Å². The number of ether oxygens (including phenoxy) is 4. The molecule has 1 aromatic heterocycles. The van der Waals surface area contributed by atoms with Crippen molar-refractivity contribution in [2.24, 2.45) is 0 Å². The van der Waals surface area contributed by atoms with Crippen LogP contribution in [0, 0.1) is 0 Å². The van der Waals surface area contributed by atoms with Crippen molar-refractivity contribution >= 4 is 16.9 Å². The number of nitrogens with zero attached hydrogens (tertiary/aromatic N) is 2. The van der Waals surface area contributed by atoms with Crippen LogP contribution in [-0.2, 0) is 11.3 Å². The molecule has 1 aliphatic carbocycles. The number of hydrogen-bond donors (Lipinski definition) is 2. The number of aliphatic hydroxyl groups excluding tert-OH is 1. The first kappa shape index (κ1) is 23.8. The van der Waals surface area contributed by atoms with Crippen LogP contribution in [-0.4, -0.2) is 59.5 Å². The second-order valence-electron chi connectivity index (χ2n) is 8.38. The van der Waals surface area contributed by atoms with Crippen LogP contribution in [0.25, 0.3) is 10.9 Å². The third-order valence-corrected chi connectivity index (χ3v) is 6.23. The predicted octanol–water partition coefficient (Wildman–Crippen LogP) is 3.82. The van der Waals surface area contributed by atoms with Gasteiger partial charge in [0.15, 0.2) is 11.5 Å². The molecule has 0 amide bonds. The van der Waals surface area contributed by atoms with Crippen LogP contribution < -0.4 is 14.2 Å². The third-order valence-electron chi connectivity index (χ3n) is 6.23. The quantitative estimate of drug-likeness (QED) is 0.460. The van der Waals surface area contributed by atoms with Crippen LogP contribution in [0.1, 0.15) is 47.7 Å². The molecule has 1 heterocycles. The second-order valence-corrected chi connectivity index (χ2v) is 8.38. The summed E-state index contributed by atoms with van der Waals surface area (Å²) in [5.74, 6) is 0.277. The maximum atomic E-state index is 11.6. The van der Waals surface area contributed by atoms with Gasteiger partial charge in [0.2, 0.25) is 5.75 Å². The fraction of sp³-hybridized carbons (Fsp3) is 0.440. The lowest BCUT2D eigenvalue weighted by Crippen LogP contribution is -2.31. The summed E-state index contributed by atoms with van der Waals surface area (Å²) in [6, 6.07) is 8.44. The Labute approximate surface area is 197 Å². The number of benzene rings is 2. The molecule has 4 rings (SSSR count). The number of rotatable bonds is 10. The van der Waals surface area contributed by atoms with E-state index in [0.29, 0.717) is 33.7 Å². The molecule has 1 aliphatic rings. The predicted molar refractivity (Wildman–Crippen MR) is 125 cm³/mol. The Hall–Kier alpha value is -3.30. The van der Waals surface area contributed by atoms with E-state index in [2.05, 4.69) is 5.10 Å². The van der Waals surface area contributed by atoms with Gasteiger partial charge < -0.3 is 29.2 Å². The van der Waals surface area contributed by atoms with Crippen molar-refractivity contribution in [2.45, 2.75) is 50.5 Å². The Bertz CT molecular complexity index is 1130. The number of aromatic nitrogens is 2. The van der Waals surface area contributed by atoms with E-state index in [-0.39, 0.29) is 18.2 Å². The lowest BCUT2D eigenvalue weighted by atomic mass is 10.0. The zero-order valence-corrected chi connectivity index (χ0v) is 19.6. The molecule has 3 aromatic rings. The van der Waals surface area contributed by atoms with Crippen molar-refractivity contribution in [3.8, 4) is 17.2 Å². The van der Waals surface area contributed by atoms with Crippen molar-refractivity contribution in [2.75, 3.05) is 21.3 Å². The standard InChI is InChI=1S/C25H30N2O7/c1-31-19-11-16(12-20(32-2)24(19)33-3)23(28)21(34-17-8-4-5-9-17)14-27-13-15-7-6-10-18(25(29)30)22(15)26-27/h6-7,10-13,17,21,23,28H,4-5,8-9,14H2,1-3H3,(H,29,30)/t21-,23+/m0/s1. The summed E-state index contributed by atoms with van der Waals surface area (Å²) in [6.45, 7) is 0.238. The highest BCUT2D eigenvalue weighted by Gasteiger charge is 2.30. The maximum Gasteiger partial charge on any atom is 0.337 e. The molecule has 2 atom stereocenters. The van der Waals surface area contributed by atoms with E-state index in [1.54, 1.807) is 29.1 Å². The molecule has 182 valence electrons. The Morgan fingerprint density at radius 3 is 2.38 bits per heavy atom. The van der Waals surface area contributed by atoms with E-state index in [1.165, 1.54) is 27.4 Å². The van der Waals surface area contributed by atoms with Gasteiger partial charge in [-0.1, -0.05) is 25.0 Å². The first-order valence-corrected chi connectivity index (χ1v) is 11.3. The fourth-order valence-electron chi connectivity index (χ4n) is 4.52. The molecular weight excluding hydrogens is 440 g/mol. The number of aromatic carboxylic acids is 1. The molecule has 0 spiro atoms. The average molecular weight is 471 g/mol. The molecule has 0 bridgehead atoms. The molecule has 0 saturated heterocycles. The molecule has 0 radical (unpaired) electrons. The summed E-state index contributed by atoms with van der Waals surface area (Å²) in [6.07, 6.45) is 4.21.